The molecule has 24 heavy (non-hydrogen) atoms. The molecule has 1 aliphatic heterocycles. The zero-order valence-corrected chi connectivity index (χ0v) is 13.5. The van der Waals surface area contributed by atoms with Gasteiger partial charge in [-0.1, -0.05) is 30.3 Å². The van der Waals surface area contributed by atoms with Gasteiger partial charge in [-0.2, -0.15) is 5.10 Å². The van der Waals surface area contributed by atoms with Crippen LogP contribution in [0, 0.1) is 5.92 Å². The fraction of sp³-hybridized carbons (Fsp3) is 0.389. The molecule has 0 atom stereocenters. The molecule has 2 aromatic rings. The predicted octanol–water partition coefficient (Wildman–Crippen LogP) is 2.69. The molecule has 1 saturated heterocycles. The number of benzene rings is 1. The molecule has 126 valence electrons. The Labute approximate surface area is 140 Å². The van der Waals surface area contributed by atoms with Crippen molar-refractivity contribution in [2.24, 2.45) is 5.92 Å². The Morgan fingerprint density at radius 1 is 1.17 bits per heavy atom. The highest BCUT2D eigenvalue weighted by atomic mass is 16.4. The van der Waals surface area contributed by atoms with Crippen LogP contribution in [0.5, 0.6) is 0 Å². The zero-order valence-electron chi connectivity index (χ0n) is 13.5. The molecular formula is C18H21N3O3. The van der Waals surface area contributed by atoms with E-state index in [1.807, 2.05) is 30.3 Å². The number of aryl methyl sites for hydroxylation is 1. The summed E-state index contributed by atoms with van der Waals surface area (Å²) < 4.78 is 1.52. The van der Waals surface area contributed by atoms with Crippen LogP contribution in [-0.2, 0) is 6.54 Å². The highest BCUT2D eigenvalue weighted by Crippen LogP contribution is 2.21. The number of aromatic nitrogens is 2. The van der Waals surface area contributed by atoms with E-state index in [9.17, 15) is 9.59 Å². The molecule has 0 saturated carbocycles. The largest absolute Gasteiger partial charge is 0.465 e. The SMILES string of the molecule is O=C(O)N1CCC(CCn2nccc(-c3ccccc3)c2=O)CC1. The van der Waals surface area contributed by atoms with Crippen LogP contribution in [0.25, 0.3) is 11.1 Å². The first kappa shape index (κ1) is 16.2. The molecule has 3 rings (SSSR count). The van der Waals surface area contributed by atoms with Crippen LogP contribution in [0.3, 0.4) is 0 Å². The van der Waals surface area contributed by atoms with E-state index in [1.54, 1.807) is 12.3 Å². The average molecular weight is 327 g/mol. The van der Waals surface area contributed by atoms with Gasteiger partial charge in [0.25, 0.3) is 5.56 Å². The minimum Gasteiger partial charge on any atom is -0.465 e. The molecule has 1 aromatic heterocycles. The third-order valence-electron chi connectivity index (χ3n) is 4.63. The monoisotopic (exact) mass is 327 g/mol. The summed E-state index contributed by atoms with van der Waals surface area (Å²) in [4.78, 5) is 25.0. The third-order valence-corrected chi connectivity index (χ3v) is 4.63. The van der Waals surface area contributed by atoms with E-state index < -0.39 is 6.09 Å². The highest BCUT2D eigenvalue weighted by Gasteiger charge is 2.22. The molecule has 2 heterocycles. The number of piperidine rings is 1. The fourth-order valence-electron chi connectivity index (χ4n) is 3.17. The number of nitrogens with zero attached hydrogens (tertiary/aromatic N) is 3. The van der Waals surface area contributed by atoms with Gasteiger partial charge in [0, 0.05) is 25.8 Å². The number of hydrogen-bond acceptors (Lipinski definition) is 3. The van der Waals surface area contributed by atoms with Gasteiger partial charge in [0.05, 0.1) is 5.56 Å². The Morgan fingerprint density at radius 3 is 2.54 bits per heavy atom. The van der Waals surface area contributed by atoms with Crippen LogP contribution < -0.4 is 5.56 Å². The van der Waals surface area contributed by atoms with E-state index in [-0.39, 0.29) is 5.56 Å². The van der Waals surface area contributed by atoms with Crippen molar-refractivity contribution in [3.8, 4) is 11.1 Å². The lowest BCUT2D eigenvalue weighted by Crippen LogP contribution is -2.38. The van der Waals surface area contributed by atoms with Crippen LogP contribution in [0.2, 0.25) is 0 Å². The van der Waals surface area contributed by atoms with Gasteiger partial charge in [-0.3, -0.25) is 4.79 Å². The molecule has 1 N–H and O–H groups in total. The van der Waals surface area contributed by atoms with E-state index in [2.05, 4.69) is 5.10 Å². The standard InChI is InChI=1S/C18H21N3O3/c22-17-16(15-4-2-1-3-5-15)6-10-19-21(17)13-9-14-7-11-20(12-8-14)18(23)24/h1-6,10,14H,7-9,11-13H2,(H,23,24). The average Bonchev–Trinajstić information content (AvgIpc) is 2.62. The molecule has 0 aliphatic carbocycles. The van der Waals surface area contributed by atoms with E-state index >= 15 is 0 Å². The Bertz CT molecular complexity index is 750. The van der Waals surface area contributed by atoms with Crippen molar-refractivity contribution >= 4 is 6.09 Å². The Morgan fingerprint density at radius 2 is 1.88 bits per heavy atom. The molecule has 1 aromatic carbocycles. The van der Waals surface area contributed by atoms with Gasteiger partial charge in [-0.05, 0) is 36.8 Å². The van der Waals surface area contributed by atoms with Gasteiger partial charge in [-0.15, -0.1) is 0 Å². The van der Waals surface area contributed by atoms with E-state index in [0.717, 1.165) is 24.8 Å². The molecular weight excluding hydrogens is 306 g/mol. The number of carboxylic acid groups (broad SMARTS) is 1. The summed E-state index contributed by atoms with van der Waals surface area (Å²) >= 11 is 0. The van der Waals surface area contributed by atoms with Gasteiger partial charge in [0.2, 0.25) is 0 Å². The Kier molecular flexibility index (Phi) is 4.93. The fourth-order valence-corrected chi connectivity index (χ4v) is 3.17. The minimum atomic E-state index is -0.845. The van der Waals surface area contributed by atoms with Gasteiger partial charge < -0.3 is 10.0 Å². The van der Waals surface area contributed by atoms with Crippen LogP contribution >= 0.6 is 0 Å². The molecule has 1 amide bonds. The van der Waals surface area contributed by atoms with Gasteiger partial charge in [-0.25, -0.2) is 9.48 Å². The summed E-state index contributed by atoms with van der Waals surface area (Å²) in [6.45, 7) is 1.72. The maximum Gasteiger partial charge on any atom is 0.407 e. The number of rotatable bonds is 4. The summed E-state index contributed by atoms with van der Waals surface area (Å²) in [6, 6.07) is 11.3. The lowest BCUT2D eigenvalue weighted by Gasteiger charge is -2.29. The maximum atomic E-state index is 12.6. The lowest BCUT2D eigenvalue weighted by atomic mass is 9.94. The summed E-state index contributed by atoms with van der Waals surface area (Å²) in [6.07, 6.45) is 3.36. The van der Waals surface area contributed by atoms with Crippen molar-refractivity contribution in [3.05, 3.63) is 52.9 Å². The van der Waals surface area contributed by atoms with Crippen LogP contribution in [0.4, 0.5) is 4.79 Å². The summed E-state index contributed by atoms with van der Waals surface area (Å²) in [5.41, 5.74) is 1.48. The van der Waals surface area contributed by atoms with Gasteiger partial charge in [0.1, 0.15) is 0 Å². The molecule has 6 nitrogen and oxygen atoms in total. The smallest absolute Gasteiger partial charge is 0.407 e. The van der Waals surface area contributed by atoms with Crippen molar-refractivity contribution in [1.82, 2.24) is 14.7 Å². The van der Waals surface area contributed by atoms with Crippen molar-refractivity contribution in [3.63, 3.8) is 0 Å². The maximum absolute atomic E-state index is 12.6. The second kappa shape index (κ2) is 7.29. The second-order valence-corrected chi connectivity index (χ2v) is 6.14. The first-order valence-corrected chi connectivity index (χ1v) is 8.24. The molecule has 0 bridgehead atoms. The molecule has 0 unspecified atom stereocenters. The topological polar surface area (TPSA) is 75.4 Å². The van der Waals surface area contributed by atoms with Crippen LogP contribution in [0.15, 0.2) is 47.4 Å². The van der Waals surface area contributed by atoms with E-state index in [0.29, 0.717) is 31.1 Å². The number of likely N-dealkylation sites (tertiary alicyclic amines) is 1. The lowest BCUT2D eigenvalue weighted by molar-refractivity contribution is 0.122. The van der Waals surface area contributed by atoms with Gasteiger partial charge in [0.15, 0.2) is 0 Å². The Balaban J connectivity index is 1.65. The summed E-state index contributed by atoms with van der Waals surface area (Å²) in [5.74, 6) is 0.440. The molecule has 0 spiro atoms. The Hall–Kier alpha value is -2.63. The predicted molar refractivity (Wildman–Crippen MR) is 90.9 cm³/mol. The van der Waals surface area contributed by atoms with E-state index in [1.165, 1.54) is 9.58 Å². The number of carbonyl (C=O) groups is 1. The summed E-state index contributed by atoms with van der Waals surface area (Å²) in [7, 11) is 0. The first-order chi connectivity index (χ1) is 11.6. The quantitative estimate of drug-likeness (QED) is 0.937. The number of hydrogen-bond donors (Lipinski definition) is 1. The molecule has 6 heteroatoms. The molecule has 1 aliphatic rings. The first-order valence-electron chi connectivity index (χ1n) is 8.24. The third kappa shape index (κ3) is 3.64. The van der Waals surface area contributed by atoms with Crippen LogP contribution in [0.1, 0.15) is 19.3 Å². The van der Waals surface area contributed by atoms with Crippen LogP contribution in [-0.4, -0.2) is 39.0 Å². The van der Waals surface area contributed by atoms with Gasteiger partial charge >= 0.3 is 6.09 Å². The van der Waals surface area contributed by atoms with Crippen molar-refractivity contribution < 1.29 is 9.90 Å². The normalized spacial score (nSPS) is 15.4. The second-order valence-electron chi connectivity index (χ2n) is 6.14. The zero-order chi connectivity index (χ0) is 16.9. The molecule has 0 radical (unpaired) electrons. The van der Waals surface area contributed by atoms with Crippen molar-refractivity contribution in [2.45, 2.75) is 25.8 Å². The van der Waals surface area contributed by atoms with E-state index in [4.69, 9.17) is 5.11 Å². The minimum absolute atomic E-state index is 0.0772. The van der Waals surface area contributed by atoms with Crippen molar-refractivity contribution in [1.29, 1.82) is 0 Å². The molecule has 1 fully saturated rings. The summed E-state index contributed by atoms with van der Waals surface area (Å²) in [5, 5.41) is 13.2. The van der Waals surface area contributed by atoms with Crippen molar-refractivity contribution in [2.75, 3.05) is 13.1 Å². The highest BCUT2D eigenvalue weighted by molar-refractivity contribution is 5.65. The number of amides is 1.